The average molecular weight is 720 g/mol. The topological polar surface area (TPSA) is 91.0 Å². The maximum absolute atomic E-state index is 13.8. The van der Waals surface area contributed by atoms with Crippen LogP contribution in [0.25, 0.3) is 11.1 Å². The number of nitrogens with zero attached hydrogens (tertiary/aromatic N) is 5. The quantitative estimate of drug-likeness (QED) is 0.172. The third kappa shape index (κ3) is 7.54. The van der Waals surface area contributed by atoms with Crippen molar-refractivity contribution in [1.29, 1.82) is 5.26 Å². The summed E-state index contributed by atoms with van der Waals surface area (Å²) in [4.78, 5) is 33.5. The van der Waals surface area contributed by atoms with Gasteiger partial charge in [0.1, 0.15) is 23.1 Å². The van der Waals surface area contributed by atoms with Crippen LogP contribution in [-0.4, -0.2) is 71.1 Å². The van der Waals surface area contributed by atoms with Crippen LogP contribution < -0.4 is 15.0 Å². The molecule has 1 unspecified atom stereocenters. The number of carbonyl (C=O) groups excluding carboxylic acids is 1. The van der Waals surface area contributed by atoms with Gasteiger partial charge in [0, 0.05) is 69.2 Å². The van der Waals surface area contributed by atoms with Crippen molar-refractivity contribution in [3.8, 4) is 28.7 Å². The van der Waals surface area contributed by atoms with Crippen LogP contribution in [0.4, 0.5) is 0 Å². The molecule has 0 bridgehead atoms. The van der Waals surface area contributed by atoms with Gasteiger partial charge in [-0.15, -0.1) is 0 Å². The first-order valence-corrected chi connectivity index (χ1v) is 19.1. The molecule has 1 amide bonds. The normalized spacial score (nSPS) is 18.9. The van der Waals surface area contributed by atoms with Gasteiger partial charge in [0.2, 0.25) is 0 Å². The molecule has 3 aromatic rings. The number of aryl methyl sites for hydroxylation is 1. The summed E-state index contributed by atoms with van der Waals surface area (Å²) in [6.45, 7) is 19.4. The van der Waals surface area contributed by atoms with E-state index in [0.29, 0.717) is 6.54 Å². The molecule has 0 radical (unpaired) electrons. The maximum atomic E-state index is 13.8. The molecule has 53 heavy (non-hydrogen) atoms. The summed E-state index contributed by atoms with van der Waals surface area (Å²) in [5, 5.41) is 9.93. The second-order valence-electron chi connectivity index (χ2n) is 16.9. The summed E-state index contributed by atoms with van der Waals surface area (Å²) >= 11 is 0. The van der Waals surface area contributed by atoms with Crippen LogP contribution in [0, 0.1) is 36.5 Å². The van der Waals surface area contributed by atoms with Crippen molar-refractivity contribution in [2.24, 2.45) is 18.4 Å². The van der Waals surface area contributed by atoms with Crippen molar-refractivity contribution >= 4 is 5.91 Å². The van der Waals surface area contributed by atoms with Gasteiger partial charge in [0.05, 0.1) is 25.8 Å². The van der Waals surface area contributed by atoms with Gasteiger partial charge in [0.15, 0.2) is 0 Å². The third-order valence-corrected chi connectivity index (χ3v) is 11.7. The Morgan fingerprint density at radius 1 is 1.04 bits per heavy atom. The van der Waals surface area contributed by atoms with Crippen LogP contribution in [0.1, 0.15) is 86.9 Å². The summed E-state index contributed by atoms with van der Waals surface area (Å²) in [5.74, 6) is 1.63. The predicted octanol–water partition coefficient (Wildman–Crippen LogP) is 7.11. The minimum Gasteiger partial charge on any atom is -0.496 e. The molecule has 3 heterocycles. The molecule has 282 valence electrons. The van der Waals surface area contributed by atoms with Gasteiger partial charge in [0.25, 0.3) is 11.5 Å². The Labute approximate surface area is 315 Å². The molecule has 0 N–H and O–H groups in total. The first kappa shape index (κ1) is 38.3. The van der Waals surface area contributed by atoms with Gasteiger partial charge >= 0.3 is 0 Å². The number of fused-ring (bicyclic) bond motifs is 1. The number of piperazine rings is 1. The van der Waals surface area contributed by atoms with Gasteiger partial charge in [-0.2, -0.15) is 5.26 Å². The lowest BCUT2D eigenvalue weighted by Gasteiger charge is -2.44. The number of rotatable bonds is 9. The fraction of sp³-hybridized carbons (Fsp3) is 0.523. The van der Waals surface area contributed by atoms with Crippen molar-refractivity contribution < 1.29 is 14.3 Å². The van der Waals surface area contributed by atoms with Gasteiger partial charge in [-0.3, -0.25) is 19.4 Å². The monoisotopic (exact) mass is 719 g/mol. The first-order chi connectivity index (χ1) is 25.1. The Kier molecular flexibility index (Phi) is 10.7. The molecule has 1 saturated carbocycles. The zero-order valence-corrected chi connectivity index (χ0v) is 33.4. The number of allylic oxidation sites excluding steroid dienone is 1. The van der Waals surface area contributed by atoms with Gasteiger partial charge < -0.3 is 18.9 Å². The molecule has 1 saturated heterocycles. The third-order valence-electron chi connectivity index (χ3n) is 11.7. The van der Waals surface area contributed by atoms with E-state index in [9.17, 15) is 14.9 Å². The SMILES string of the molecule is COc1cc(-c2cn(C)c(=O)c(C)c2C)cc(OC)c1CN1CCN(Cc2cccc3c2CCN(C(=O)C(C#N)=CC(C)(C)C)C3C(C)C)CC12CC2. The number of nitriles is 1. The van der Waals surface area contributed by atoms with E-state index in [4.69, 9.17) is 9.47 Å². The van der Waals surface area contributed by atoms with E-state index in [2.05, 4.69) is 60.0 Å². The Balaban J connectivity index is 1.21. The summed E-state index contributed by atoms with van der Waals surface area (Å²) in [6, 6.07) is 12.9. The van der Waals surface area contributed by atoms with E-state index in [1.54, 1.807) is 25.8 Å². The number of benzene rings is 2. The van der Waals surface area contributed by atoms with Crippen LogP contribution in [0.15, 0.2) is 53.0 Å². The van der Waals surface area contributed by atoms with Gasteiger partial charge in [-0.05, 0) is 84.4 Å². The molecule has 2 aromatic carbocycles. The molecule has 1 spiro atoms. The summed E-state index contributed by atoms with van der Waals surface area (Å²) in [7, 11) is 5.23. The highest BCUT2D eigenvalue weighted by atomic mass is 16.5. The second-order valence-corrected chi connectivity index (χ2v) is 16.9. The second kappa shape index (κ2) is 14.8. The molecular formula is C44H57N5O4. The number of ether oxygens (including phenoxy) is 2. The molecule has 9 heteroatoms. The zero-order chi connectivity index (χ0) is 38.4. The predicted molar refractivity (Wildman–Crippen MR) is 210 cm³/mol. The highest BCUT2D eigenvalue weighted by Gasteiger charge is 2.51. The molecule has 6 rings (SSSR count). The molecule has 2 aliphatic heterocycles. The Hall–Kier alpha value is -4.39. The van der Waals surface area contributed by atoms with Crippen molar-refractivity contribution in [3.63, 3.8) is 0 Å². The van der Waals surface area contributed by atoms with Crippen LogP contribution in [0.3, 0.4) is 0 Å². The van der Waals surface area contributed by atoms with E-state index in [-0.39, 0.29) is 40.0 Å². The number of pyridine rings is 1. The molecular weight excluding hydrogens is 663 g/mol. The van der Waals surface area contributed by atoms with Crippen molar-refractivity contribution in [2.45, 2.75) is 92.4 Å². The van der Waals surface area contributed by atoms with Crippen LogP contribution in [0.5, 0.6) is 11.5 Å². The van der Waals surface area contributed by atoms with Crippen molar-refractivity contribution in [1.82, 2.24) is 19.3 Å². The fourth-order valence-electron chi connectivity index (χ4n) is 8.69. The largest absolute Gasteiger partial charge is 0.496 e. The lowest BCUT2D eigenvalue weighted by molar-refractivity contribution is -0.130. The molecule has 1 atom stereocenters. The van der Waals surface area contributed by atoms with E-state index in [1.807, 2.05) is 51.8 Å². The Bertz CT molecular complexity index is 2000. The molecule has 9 nitrogen and oxygen atoms in total. The molecule has 3 aliphatic rings. The lowest BCUT2D eigenvalue weighted by Crippen LogP contribution is -2.54. The standard InChI is InChI=1S/C44H57N5O4/c1-28(2)40-35-13-11-12-31(34(35)14-17-49(40)42(51)33(23-45)22-43(5,6)7)24-47-18-19-48(44(27-47)15-16-44)26-37-38(52-9)20-32(21-39(37)53-10)36-25-46(8)41(50)30(4)29(36)3/h11-13,20-22,25,28,40H,14-19,24,26-27H2,1-10H3. The summed E-state index contributed by atoms with van der Waals surface area (Å²) < 4.78 is 13.7. The number of hydrogen-bond donors (Lipinski definition) is 0. The summed E-state index contributed by atoms with van der Waals surface area (Å²) in [5.41, 5.74) is 8.74. The van der Waals surface area contributed by atoms with Crippen molar-refractivity contribution in [3.05, 3.63) is 91.9 Å². The first-order valence-electron chi connectivity index (χ1n) is 19.1. The number of methoxy groups -OCH3 is 2. The molecule has 2 fully saturated rings. The highest BCUT2D eigenvalue weighted by molar-refractivity contribution is 5.97. The maximum Gasteiger partial charge on any atom is 0.264 e. The van der Waals surface area contributed by atoms with E-state index < -0.39 is 0 Å². The smallest absolute Gasteiger partial charge is 0.264 e. The Morgan fingerprint density at radius 3 is 2.30 bits per heavy atom. The van der Waals surface area contributed by atoms with E-state index in [0.717, 1.165) is 91.3 Å². The zero-order valence-electron chi connectivity index (χ0n) is 33.4. The van der Waals surface area contributed by atoms with Crippen molar-refractivity contribution in [2.75, 3.05) is 40.4 Å². The highest BCUT2D eigenvalue weighted by Crippen LogP contribution is 2.47. The number of hydrogen-bond acceptors (Lipinski definition) is 7. The van der Waals surface area contributed by atoms with Crippen LogP contribution >= 0.6 is 0 Å². The van der Waals surface area contributed by atoms with Crippen LogP contribution in [-0.2, 0) is 31.4 Å². The minimum absolute atomic E-state index is 0.0144. The average Bonchev–Trinajstić information content (AvgIpc) is 3.90. The lowest BCUT2D eigenvalue weighted by atomic mass is 9.83. The molecule has 1 aliphatic carbocycles. The number of carbonyl (C=O) groups is 1. The fourth-order valence-corrected chi connectivity index (χ4v) is 8.69. The molecule has 1 aromatic heterocycles. The Morgan fingerprint density at radius 2 is 1.72 bits per heavy atom. The van der Waals surface area contributed by atoms with Gasteiger partial charge in [-0.25, -0.2) is 0 Å². The minimum atomic E-state index is -0.259. The number of amides is 1. The van der Waals surface area contributed by atoms with Gasteiger partial charge in [-0.1, -0.05) is 58.9 Å². The summed E-state index contributed by atoms with van der Waals surface area (Å²) in [6.07, 6.45) is 6.81. The van der Waals surface area contributed by atoms with Crippen LogP contribution in [0.2, 0.25) is 0 Å². The van der Waals surface area contributed by atoms with E-state index >= 15 is 0 Å². The number of aromatic nitrogens is 1. The van der Waals surface area contributed by atoms with E-state index in [1.165, 1.54) is 16.7 Å².